The fourth-order valence-electron chi connectivity index (χ4n) is 4.27. The van der Waals surface area contributed by atoms with E-state index in [9.17, 15) is 18.8 Å². The van der Waals surface area contributed by atoms with Crippen molar-refractivity contribution in [2.24, 2.45) is 5.92 Å². The number of piperidine rings is 2. The Kier molecular flexibility index (Phi) is 6.34. The minimum absolute atomic E-state index is 0.0177. The van der Waals surface area contributed by atoms with E-state index in [4.69, 9.17) is 4.42 Å². The van der Waals surface area contributed by atoms with Crippen LogP contribution in [0.2, 0.25) is 0 Å². The third kappa shape index (κ3) is 4.95. The second kappa shape index (κ2) is 9.32. The molecule has 3 heterocycles. The zero-order valence-electron chi connectivity index (χ0n) is 17.3. The lowest BCUT2D eigenvalue weighted by molar-refractivity contribution is -0.127. The summed E-state index contributed by atoms with van der Waals surface area (Å²) in [5, 5.41) is 3.11. The molecule has 0 saturated carbocycles. The van der Waals surface area contributed by atoms with Gasteiger partial charge >= 0.3 is 0 Å². The van der Waals surface area contributed by atoms with Crippen LogP contribution >= 0.6 is 0 Å². The topological polar surface area (TPSA) is 82.9 Å². The van der Waals surface area contributed by atoms with Crippen molar-refractivity contribution < 1.29 is 23.2 Å². The Hall–Kier alpha value is -3.16. The maximum atomic E-state index is 13.1. The van der Waals surface area contributed by atoms with Gasteiger partial charge in [0, 0.05) is 37.8 Å². The van der Waals surface area contributed by atoms with E-state index in [1.807, 2.05) is 0 Å². The molecule has 1 atom stereocenters. The third-order valence-electron chi connectivity index (χ3n) is 6.07. The number of carbonyl (C=O) groups excluding carboxylic acids is 3. The fourth-order valence-corrected chi connectivity index (χ4v) is 4.27. The molecule has 7 nitrogen and oxygen atoms in total. The number of nitrogens with zero attached hydrogens (tertiary/aromatic N) is 2. The van der Waals surface area contributed by atoms with Gasteiger partial charge in [0.1, 0.15) is 12.1 Å². The van der Waals surface area contributed by atoms with E-state index in [-0.39, 0.29) is 35.5 Å². The Bertz CT molecular complexity index is 921. The zero-order chi connectivity index (χ0) is 21.8. The van der Waals surface area contributed by atoms with E-state index in [1.165, 1.54) is 36.8 Å². The monoisotopic (exact) mass is 427 g/mol. The lowest BCUT2D eigenvalue weighted by atomic mass is 9.95. The summed E-state index contributed by atoms with van der Waals surface area (Å²) in [6.07, 6.45) is 5.80. The molecule has 8 heteroatoms. The maximum Gasteiger partial charge on any atom is 0.257 e. The van der Waals surface area contributed by atoms with Crippen LogP contribution in [-0.2, 0) is 4.79 Å². The summed E-state index contributed by atoms with van der Waals surface area (Å²) in [5.41, 5.74) is 0.965. The Morgan fingerprint density at radius 1 is 0.903 bits per heavy atom. The van der Waals surface area contributed by atoms with Gasteiger partial charge in [0.05, 0.1) is 17.7 Å². The third-order valence-corrected chi connectivity index (χ3v) is 6.07. The van der Waals surface area contributed by atoms with Crippen LogP contribution in [0.5, 0.6) is 0 Å². The highest BCUT2D eigenvalue weighted by Gasteiger charge is 2.31. The van der Waals surface area contributed by atoms with Crippen molar-refractivity contribution in [1.29, 1.82) is 0 Å². The van der Waals surface area contributed by atoms with Crippen LogP contribution in [0.4, 0.5) is 4.39 Å². The Labute approximate surface area is 180 Å². The van der Waals surface area contributed by atoms with Crippen molar-refractivity contribution in [2.75, 3.05) is 26.2 Å². The largest absolute Gasteiger partial charge is 0.472 e. The first-order valence-electron chi connectivity index (χ1n) is 10.7. The van der Waals surface area contributed by atoms with Gasteiger partial charge in [0.2, 0.25) is 5.91 Å². The average molecular weight is 427 g/mol. The average Bonchev–Trinajstić information content (AvgIpc) is 3.34. The molecule has 0 bridgehead atoms. The van der Waals surface area contributed by atoms with Crippen LogP contribution in [0.1, 0.15) is 46.4 Å². The molecule has 2 saturated heterocycles. The van der Waals surface area contributed by atoms with Crippen molar-refractivity contribution in [3.63, 3.8) is 0 Å². The molecule has 3 amide bonds. The highest BCUT2D eigenvalue weighted by atomic mass is 19.1. The van der Waals surface area contributed by atoms with E-state index in [0.717, 1.165) is 12.8 Å². The smallest absolute Gasteiger partial charge is 0.257 e. The van der Waals surface area contributed by atoms with E-state index < -0.39 is 0 Å². The zero-order valence-corrected chi connectivity index (χ0v) is 17.3. The molecule has 2 aliphatic heterocycles. The fraction of sp³-hybridized carbons (Fsp3) is 0.435. The van der Waals surface area contributed by atoms with Crippen molar-refractivity contribution in [1.82, 2.24) is 15.1 Å². The van der Waals surface area contributed by atoms with Crippen LogP contribution < -0.4 is 5.32 Å². The molecule has 2 fully saturated rings. The first-order valence-corrected chi connectivity index (χ1v) is 10.7. The van der Waals surface area contributed by atoms with Gasteiger partial charge in [-0.05, 0) is 56.0 Å². The number of carbonyl (C=O) groups is 3. The first kappa shape index (κ1) is 21.1. The lowest BCUT2D eigenvalue weighted by Crippen LogP contribution is -2.50. The molecular weight excluding hydrogens is 401 g/mol. The van der Waals surface area contributed by atoms with Gasteiger partial charge in [-0.3, -0.25) is 14.4 Å². The van der Waals surface area contributed by atoms with Crippen LogP contribution in [0.3, 0.4) is 0 Å². The number of furan rings is 1. The molecule has 0 aliphatic carbocycles. The molecule has 164 valence electrons. The number of hydrogen-bond donors (Lipinski definition) is 1. The SMILES string of the molecule is O=C(NC1CCN(C(=O)c2ccoc2)CC1)C1CCCN(C(=O)c2ccc(F)cc2)C1. The highest BCUT2D eigenvalue weighted by molar-refractivity contribution is 5.95. The van der Waals surface area contributed by atoms with E-state index in [0.29, 0.717) is 50.1 Å². The van der Waals surface area contributed by atoms with Gasteiger partial charge in [-0.2, -0.15) is 0 Å². The van der Waals surface area contributed by atoms with Gasteiger partial charge in [-0.1, -0.05) is 0 Å². The number of halogens is 1. The maximum absolute atomic E-state index is 13.1. The van der Waals surface area contributed by atoms with Crippen LogP contribution in [0.25, 0.3) is 0 Å². The van der Waals surface area contributed by atoms with Crippen molar-refractivity contribution >= 4 is 17.7 Å². The number of amides is 3. The summed E-state index contributed by atoms with van der Waals surface area (Å²) >= 11 is 0. The predicted octanol–water partition coefficient (Wildman–Crippen LogP) is 2.69. The summed E-state index contributed by atoms with van der Waals surface area (Å²) < 4.78 is 18.1. The van der Waals surface area contributed by atoms with E-state index >= 15 is 0 Å². The number of benzene rings is 1. The molecule has 0 radical (unpaired) electrons. The van der Waals surface area contributed by atoms with Gasteiger partial charge in [0.25, 0.3) is 11.8 Å². The standard InChI is InChI=1S/C23H26FN3O4/c24-19-5-3-16(4-6-19)22(29)27-10-1-2-17(14-27)21(28)25-20-7-11-26(12-8-20)23(30)18-9-13-31-15-18/h3-6,9,13,15,17,20H,1-2,7-8,10-12,14H2,(H,25,28). The summed E-state index contributed by atoms with van der Waals surface area (Å²) in [6, 6.07) is 7.15. The van der Waals surface area contributed by atoms with Crippen molar-refractivity contribution in [3.05, 3.63) is 59.8 Å². The molecule has 4 rings (SSSR count). The summed E-state index contributed by atoms with van der Waals surface area (Å²) in [7, 11) is 0. The lowest BCUT2D eigenvalue weighted by Gasteiger charge is -2.35. The van der Waals surface area contributed by atoms with Crippen LogP contribution in [0, 0.1) is 11.7 Å². The minimum atomic E-state index is -0.384. The summed E-state index contributed by atoms with van der Waals surface area (Å²) in [6.45, 7) is 2.11. The normalized spacial score (nSPS) is 19.8. The molecule has 1 N–H and O–H groups in total. The molecule has 2 aromatic rings. The Balaban J connectivity index is 1.27. The number of rotatable bonds is 4. The first-order chi connectivity index (χ1) is 15.0. The minimum Gasteiger partial charge on any atom is -0.472 e. The van der Waals surface area contributed by atoms with E-state index in [2.05, 4.69) is 5.32 Å². The van der Waals surface area contributed by atoms with E-state index in [1.54, 1.807) is 15.9 Å². The quantitative estimate of drug-likeness (QED) is 0.813. The van der Waals surface area contributed by atoms with Gasteiger partial charge < -0.3 is 19.5 Å². The molecule has 0 spiro atoms. The van der Waals surface area contributed by atoms with Gasteiger partial charge in [-0.25, -0.2) is 4.39 Å². The molecule has 1 unspecified atom stereocenters. The Morgan fingerprint density at radius 2 is 1.61 bits per heavy atom. The number of hydrogen-bond acceptors (Lipinski definition) is 4. The number of nitrogens with one attached hydrogen (secondary N) is 1. The van der Waals surface area contributed by atoms with Crippen LogP contribution in [-0.4, -0.2) is 59.7 Å². The number of likely N-dealkylation sites (tertiary alicyclic amines) is 2. The highest BCUT2D eigenvalue weighted by Crippen LogP contribution is 2.21. The predicted molar refractivity (Wildman–Crippen MR) is 111 cm³/mol. The molecule has 1 aromatic heterocycles. The Morgan fingerprint density at radius 3 is 2.29 bits per heavy atom. The van der Waals surface area contributed by atoms with Crippen molar-refractivity contribution in [3.8, 4) is 0 Å². The molecule has 31 heavy (non-hydrogen) atoms. The van der Waals surface area contributed by atoms with Gasteiger partial charge in [-0.15, -0.1) is 0 Å². The van der Waals surface area contributed by atoms with Gasteiger partial charge in [0.15, 0.2) is 0 Å². The summed E-state index contributed by atoms with van der Waals surface area (Å²) in [5.74, 6) is -0.922. The molecule has 2 aliphatic rings. The van der Waals surface area contributed by atoms with Crippen molar-refractivity contribution in [2.45, 2.75) is 31.7 Å². The summed E-state index contributed by atoms with van der Waals surface area (Å²) in [4.78, 5) is 41.4. The second-order valence-corrected chi connectivity index (χ2v) is 8.18. The molecular formula is C23H26FN3O4. The van der Waals surface area contributed by atoms with Crippen LogP contribution in [0.15, 0.2) is 47.3 Å². The second-order valence-electron chi connectivity index (χ2n) is 8.18. The molecule has 1 aromatic carbocycles.